The van der Waals surface area contributed by atoms with Crippen LogP contribution in [-0.2, 0) is 4.74 Å². The van der Waals surface area contributed by atoms with Crippen LogP contribution < -0.4 is 9.47 Å². The Morgan fingerprint density at radius 2 is 1.94 bits per heavy atom. The van der Waals surface area contributed by atoms with E-state index in [1.807, 2.05) is 18.2 Å². The van der Waals surface area contributed by atoms with E-state index in [-0.39, 0.29) is 5.38 Å². The molecule has 4 heteroatoms. The van der Waals surface area contributed by atoms with Crippen molar-refractivity contribution in [3.05, 3.63) is 23.8 Å². The number of methoxy groups -OCH3 is 2. The molecule has 0 aromatic heterocycles. The third-order valence-electron chi connectivity index (χ3n) is 3.41. The topological polar surface area (TPSA) is 27.7 Å². The third kappa shape index (κ3) is 2.90. The Kier molecular flexibility index (Phi) is 4.72. The first-order valence-corrected chi connectivity index (χ1v) is 6.63. The molecule has 1 aliphatic rings. The maximum Gasteiger partial charge on any atom is 0.123 e. The predicted octanol–water partition coefficient (Wildman–Crippen LogP) is 3.41. The van der Waals surface area contributed by atoms with Crippen LogP contribution in [0, 0.1) is 5.92 Å². The zero-order chi connectivity index (χ0) is 13.0. The minimum absolute atomic E-state index is 0.0565. The summed E-state index contributed by atoms with van der Waals surface area (Å²) >= 11 is 6.61. The van der Waals surface area contributed by atoms with E-state index in [2.05, 4.69) is 0 Å². The molecule has 1 atom stereocenters. The lowest BCUT2D eigenvalue weighted by molar-refractivity contribution is 0.0649. The van der Waals surface area contributed by atoms with Gasteiger partial charge >= 0.3 is 0 Å². The fourth-order valence-electron chi connectivity index (χ4n) is 2.32. The lowest BCUT2D eigenvalue weighted by atomic mass is 9.91. The van der Waals surface area contributed by atoms with Gasteiger partial charge in [-0.1, -0.05) is 0 Å². The van der Waals surface area contributed by atoms with Crippen molar-refractivity contribution in [1.82, 2.24) is 0 Å². The van der Waals surface area contributed by atoms with Gasteiger partial charge in [0.1, 0.15) is 11.5 Å². The minimum Gasteiger partial charge on any atom is -0.497 e. The molecule has 1 aliphatic heterocycles. The van der Waals surface area contributed by atoms with Gasteiger partial charge in [0.2, 0.25) is 0 Å². The Morgan fingerprint density at radius 1 is 1.22 bits per heavy atom. The van der Waals surface area contributed by atoms with Crippen LogP contribution in [0.3, 0.4) is 0 Å². The van der Waals surface area contributed by atoms with Crippen LogP contribution in [0.4, 0.5) is 0 Å². The summed E-state index contributed by atoms with van der Waals surface area (Å²) in [6, 6.07) is 5.75. The average molecular weight is 271 g/mol. The number of hydrogen-bond donors (Lipinski definition) is 0. The Labute approximate surface area is 113 Å². The summed E-state index contributed by atoms with van der Waals surface area (Å²) in [5.74, 6) is 2.06. The maximum atomic E-state index is 6.61. The van der Waals surface area contributed by atoms with Gasteiger partial charge in [-0.3, -0.25) is 0 Å². The van der Waals surface area contributed by atoms with Gasteiger partial charge in [0.15, 0.2) is 0 Å². The van der Waals surface area contributed by atoms with Gasteiger partial charge in [0, 0.05) is 18.8 Å². The van der Waals surface area contributed by atoms with Gasteiger partial charge in [0.05, 0.1) is 19.6 Å². The summed E-state index contributed by atoms with van der Waals surface area (Å²) in [5, 5.41) is -0.0565. The molecule has 2 rings (SSSR count). The zero-order valence-corrected chi connectivity index (χ0v) is 11.6. The molecule has 1 fully saturated rings. The van der Waals surface area contributed by atoms with E-state index in [0.717, 1.165) is 43.1 Å². The van der Waals surface area contributed by atoms with Gasteiger partial charge < -0.3 is 14.2 Å². The molecular weight excluding hydrogens is 252 g/mol. The van der Waals surface area contributed by atoms with Crippen molar-refractivity contribution in [3.63, 3.8) is 0 Å². The van der Waals surface area contributed by atoms with Gasteiger partial charge in [-0.15, -0.1) is 11.6 Å². The smallest absolute Gasteiger partial charge is 0.123 e. The van der Waals surface area contributed by atoms with Crippen molar-refractivity contribution in [1.29, 1.82) is 0 Å². The van der Waals surface area contributed by atoms with Crippen molar-refractivity contribution < 1.29 is 14.2 Å². The van der Waals surface area contributed by atoms with Gasteiger partial charge in [-0.25, -0.2) is 0 Å². The van der Waals surface area contributed by atoms with E-state index in [1.165, 1.54) is 0 Å². The van der Waals surface area contributed by atoms with E-state index in [1.54, 1.807) is 14.2 Å². The molecule has 1 saturated heterocycles. The highest BCUT2D eigenvalue weighted by Gasteiger charge is 2.26. The molecule has 100 valence electrons. The Hall–Kier alpha value is -0.930. The first-order chi connectivity index (χ1) is 8.76. The molecule has 0 spiro atoms. The minimum atomic E-state index is -0.0565. The first kappa shape index (κ1) is 13.5. The van der Waals surface area contributed by atoms with Crippen LogP contribution in [0.5, 0.6) is 11.5 Å². The van der Waals surface area contributed by atoms with Crippen LogP contribution >= 0.6 is 11.6 Å². The molecule has 0 aliphatic carbocycles. The molecular formula is C14H19ClO3. The van der Waals surface area contributed by atoms with Crippen molar-refractivity contribution in [3.8, 4) is 11.5 Å². The molecule has 1 aromatic carbocycles. The number of alkyl halides is 1. The SMILES string of the molecule is COc1ccc(OC)c(C(Cl)C2CCOCC2)c1. The second-order valence-corrected chi connectivity index (χ2v) is 4.93. The van der Waals surface area contributed by atoms with E-state index in [4.69, 9.17) is 25.8 Å². The van der Waals surface area contributed by atoms with Crippen LogP contribution in [0.1, 0.15) is 23.8 Å². The largest absolute Gasteiger partial charge is 0.497 e. The summed E-state index contributed by atoms with van der Waals surface area (Å²) < 4.78 is 16.0. The van der Waals surface area contributed by atoms with Crippen molar-refractivity contribution >= 4 is 11.6 Å². The maximum absolute atomic E-state index is 6.61. The second kappa shape index (κ2) is 6.30. The zero-order valence-electron chi connectivity index (χ0n) is 10.8. The molecule has 0 amide bonds. The number of ether oxygens (including phenoxy) is 3. The van der Waals surface area contributed by atoms with Gasteiger partial charge in [-0.05, 0) is 37.0 Å². The van der Waals surface area contributed by atoms with E-state index < -0.39 is 0 Å². The van der Waals surface area contributed by atoms with Gasteiger partial charge in [0.25, 0.3) is 0 Å². The summed E-state index contributed by atoms with van der Waals surface area (Å²) in [6.07, 6.45) is 1.99. The van der Waals surface area contributed by atoms with Crippen molar-refractivity contribution in [2.24, 2.45) is 5.92 Å². The average Bonchev–Trinajstić information content (AvgIpc) is 2.46. The predicted molar refractivity (Wildman–Crippen MR) is 71.7 cm³/mol. The van der Waals surface area contributed by atoms with Crippen LogP contribution in [-0.4, -0.2) is 27.4 Å². The Morgan fingerprint density at radius 3 is 2.56 bits per heavy atom. The lowest BCUT2D eigenvalue weighted by Crippen LogP contribution is -2.19. The summed E-state index contributed by atoms with van der Waals surface area (Å²) in [4.78, 5) is 0. The highest BCUT2D eigenvalue weighted by Crippen LogP contribution is 2.41. The Balaban J connectivity index is 2.23. The summed E-state index contributed by atoms with van der Waals surface area (Å²) in [7, 11) is 3.32. The number of rotatable bonds is 4. The monoisotopic (exact) mass is 270 g/mol. The second-order valence-electron chi connectivity index (χ2n) is 4.46. The number of hydrogen-bond acceptors (Lipinski definition) is 3. The molecule has 0 radical (unpaired) electrons. The quantitative estimate of drug-likeness (QED) is 0.785. The molecule has 1 heterocycles. The molecule has 1 aromatic rings. The standard InChI is InChI=1S/C14H19ClO3/c1-16-11-3-4-13(17-2)12(9-11)14(15)10-5-7-18-8-6-10/h3-4,9-10,14H,5-8H2,1-2H3. The molecule has 0 N–H and O–H groups in total. The molecule has 18 heavy (non-hydrogen) atoms. The van der Waals surface area contributed by atoms with Crippen molar-refractivity contribution in [2.45, 2.75) is 18.2 Å². The normalized spacial score (nSPS) is 18.4. The van der Waals surface area contributed by atoms with Crippen molar-refractivity contribution in [2.75, 3.05) is 27.4 Å². The number of benzene rings is 1. The van der Waals surface area contributed by atoms with Crippen LogP contribution in [0.25, 0.3) is 0 Å². The molecule has 1 unspecified atom stereocenters. The van der Waals surface area contributed by atoms with E-state index in [9.17, 15) is 0 Å². The van der Waals surface area contributed by atoms with Crippen LogP contribution in [0.15, 0.2) is 18.2 Å². The molecule has 0 bridgehead atoms. The Bertz CT molecular complexity index is 389. The van der Waals surface area contributed by atoms with E-state index in [0.29, 0.717) is 5.92 Å². The fourth-order valence-corrected chi connectivity index (χ4v) is 2.74. The molecule has 0 saturated carbocycles. The number of halogens is 1. The van der Waals surface area contributed by atoms with Crippen LogP contribution in [0.2, 0.25) is 0 Å². The summed E-state index contributed by atoms with van der Waals surface area (Å²) in [6.45, 7) is 1.58. The fraction of sp³-hybridized carbons (Fsp3) is 0.571. The van der Waals surface area contributed by atoms with Gasteiger partial charge in [-0.2, -0.15) is 0 Å². The third-order valence-corrected chi connectivity index (χ3v) is 4.01. The highest BCUT2D eigenvalue weighted by atomic mass is 35.5. The first-order valence-electron chi connectivity index (χ1n) is 6.20. The molecule has 3 nitrogen and oxygen atoms in total. The summed E-state index contributed by atoms with van der Waals surface area (Å²) in [5.41, 5.74) is 1.01. The lowest BCUT2D eigenvalue weighted by Gasteiger charge is -2.27. The highest BCUT2D eigenvalue weighted by molar-refractivity contribution is 6.21. The van der Waals surface area contributed by atoms with E-state index >= 15 is 0 Å².